The molecule has 0 aliphatic heterocycles. The van der Waals surface area contributed by atoms with Crippen LogP contribution >= 0.6 is 0 Å². The minimum atomic E-state index is -1.18. The van der Waals surface area contributed by atoms with Gasteiger partial charge in [-0.15, -0.1) is 0 Å². The lowest BCUT2D eigenvalue weighted by Gasteiger charge is -2.29. The molecule has 0 saturated heterocycles. The van der Waals surface area contributed by atoms with Gasteiger partial charge in [0.2, 0.25) is 0 Å². The molecule has 0 amide bonds. The van der Waals surface area contributed by atoms with Gasteiger partial charge in [0.15, 0.2) is 0 Å². The van der Waals surface area contributed by atoms with E-state index in [4.69, 9.17) is 24.8 Å². The van der Waals surface area contributed by atoms with E-state index in [2.05, 4.69) is 12.2 Å². The van der Waals surface area contributed by atoms with Crippen LogP contribution in [0.4, 0.5) is 0 Å². The summed E-state index contributed by atoms with van der Waals surface area (Å²) >= 11 is 0. The predicted molar refractivity (Wildman–Crippen MR) is 74.5 cm³/mol. The molecule has 0 radical (unpaired) electrons. The average molecular weight is 295 g/mol. The van der Waals surface area contributed by atoms with Crippen molar-refractivity contribution in [3.63, 3.8) is 0 Å². The van der Waals surface area contributed by atoms with Gasteiger partial charge < -0.3 is 35.2 Å². The number of unbranched alkanes of at least 4 members (excludes halogenated alkanes) is 1. The molecule has 0 aliphatic rings. The molecule has 7 nitrogen and oxygen atoms in total. The van der Waals surface area contributed by atoms with Gasteiger partial charge in [-0.2, -0.15) is 0 Å². The van der Waals surface area contributed by atoms with Crippen LogP contribution in [-0.4, -0.2) is 84.9 Å². The standard InChI is InChI=1S/C13H29NO6/c1-2-3-4-19-5-6-20-8-12(18)7-14-13(9-15,10-16)11-17/h12,14-18H,2-11H2,1H3. The van der Waals surface area contributed by atoms with Crippen molar-refractivity contribution < 1.29 is 29.9 Å². The number of hydrogen-bond donors (Lipinski definition) is 5. The van der Waals surface area contributed by atoms with Crippen LogP contribution in [0.5, 0.6) is 0 Å². The fraction of sp³-hybridized carbons (Fsp3) is 1.00. The molecule has 0 heterocycles. The van der Waals surface area contributed by atoms with E-state index in [-0.39, 0.29) is 13.2 Å². The summed E-state index contributed by atoms with van der Waals surface area (Å²) < 4.78 is 10.5. The Bertz CT molecular complexity index is 205. The molecule has 122 valence electrons. The van der Waals surface area contributed by atoms with Crippen molar-refractivity contribution in [2.24, 2.45) is 0 Å². The van der Waals surface area contributed by atoms with Crippen molar-refractivity contribution in [1.82, 2.24) is 5.32 Å². The Labute approximate surface area is 120 Å². The number of nitrogens with one attached hydrogen (secondary N) is 1. The van der Waals surface area contributed by atoms with Crippen molar-refractivity contribution in [3.05, 3.63) is 0 Å². The molecule has 0 spiro atoms. The Morgan fingerprint density at radius 1 is 1.00 bits per heavy atom. The van der Waals surface area contributed by atoms with Crippen molar-refractivity contribution in [2.45, 2.75) is 31.4 Å². The maximum atomic E-state index is 9.67. The zero-order chi connectivity index (χ0) is 15.3. The number of ether oxygens (including phenoxy) is 2. The number of rotatable bonds is 14. The molecule has 0 aromatic heterocycles. The Kier molecular flexibility index (Phi) is 12.3. The summed E-state index contributed by atoms with van der Waals surface area (Å²) in [4.78, 5) is 0. The molecule has 7 heteroatoms. The highest BCUT2D eigenvalue weighted by Gasteiger charge is 2.27. The summed E-state index contributed by atoms with van der Waals surface area (Å²) in [6.07, 6.45) is 1.33. The maximum absolute atomic E-state index is 9.67. The quantitative estimate of drug-likeness (QED) is 0.248. The molecule has 0 bridgehead atoms. The molecule has 0 saturated carbocycles. The van der Waals surface area contributed by atoms with Crippen LogP contribution in [0.2, 0.25) is 0 Å². The second-order valence-corrected chi connectivity index (χ2v) is 4.83. The molecule has 0 rings (SSSR count). The first-order valence-electron chi connectivity index (χ1n) is 7.05. The first-order chi connectivity index (χ1) is 9.64. The van der Waals surface area contributed by atoms with Crippen LogP contribution in [0.15, 0.2) is 0 Å². The van der Waals surface area contributed by atoms with E-state index in [9.17, 15) is 5.11 Å². The molecule has 5 N–H and O–H groups in total. The summed E-state index contributed by atoms with van der Waals surface area (Å²) in [5, 5.41) is 39.7. The molecule has 1 unspecified atom stereocenters. The topological polar surface area (TPSA) is 111 Å². The number of aliphatic hydroxyl groups is 4. The lowest BCUT2D eigenvalue weighted by atomic mass is 10.0. The Balaban J connectivity index is 3.60. The van der Waals surface area contributed by atoms with E-state index in [1.54, 1.807) is 0 Å². The highest BCUT2D eigenvalue weighted by Crippen LogP contribution is 2.01. The van der Waals surface area contributed by atoms with Crippen molar-refractivity contribution in [3.8, 4) is 0 Å². The Morgan fingerprint density at radius 2 is 1.60 bits per heavy atom. The van der Waals surface area contributed by atoms with Gasteiger partial charge >= 0.3 is 0 Å². The zero-order valence-electron chi connectivity index (χ0n) is 12.3. The molecule has 0 fully saturated rings. The van der Waals surface area contributed by atoms with Gasteiger partial charge in [-0.3, -0.25) is 0 Å². The number of β-amino-alcohol motifs (C(OH)–C–C–N with tert-alkyl or cyclic N) is 1. The summed E-state index contributed by atoms with van der Waals surface area (Å²) in [5.41, 5.74) is -1.18. The number of aliphatic hydroxyl groups excluding tert-OH is 4. The predicted octanol–water partition coefficient (Wildman–Crippen LogP) is -1.51. The first-order valence-corrected chi connectivity index (χ1v) is 7.05. The van der Waals surface area contributed by atoms with Gasteiger partial charge in [0.1, 0.15) is 0 Å². The zero-order valence-corrected chi connectivity index (χ0v) is 12.3. The minimum Gasteiger partial charge on any atom is -0.394 e. The highest BCUT2D eigenvalue weighted by molar-refractivity contribution is 4.86. The van der Waals surface area contributed by atoms with Gasteiger partial charge in [0.25, 0.3) is 0 Å². The molecular formula is C13H29NO6. The second kappa shape index (κ2) is 12.5. The molecular weight excluding hydrogens is 266 g/mol. The molecule has 0 aromatic rings. The van der Waals surface area contributed by atoms with Crippen LogP contribution < -0.4 is 5.32 Å². The van der Waals surface area contributed by atoms with E-state index < -0.39 is 31.5 Å². The third kappa shape index (κ3) is 8.80. The third-order valence-corrected chi connectivity index (χ3v) is 2.95. The molecule has 1 atom stereocenters. The van der Waals surface area contributed by atoms with Gasteiger partial charge in [-0.05, 0) is 6.42 Å². The summed E-state index contributed by atoms with van der Waals surface area (Å²) in [5.74, 6) is 0. The van der Waals surface area contributed by atoms with Gasteiger partial charge in [0.05, 0.1) is 51.3 Å². The third-order valence-electron chi connectivity index (χ3n) is 2.95. The first kappa shape index (κ1) is 19.7. The van der Waals surface area contributed by atoms with E-state index in [1.165, 1.54) is 0 Å². The smallest absolute Gasteiger partial charge is 0.0897 e. The molecule has 0 aromatic carbocycles. The Hall–Kier alpha value is -0.280. The summed E-state index contributed by atoms with van der Waals surface area (Å²) in [7, 11) is 0. The van der Waals surface area contributed by atoms with E-state index in [1.807, 2.05) is 0 Å². The monoisotopic (exact) mass is 295 g/mol. The van der Waals surface area contributed by atoms with Crippen molar-refractivity contribution in [1.29, 1.82) is 0 Å². The SMILES string of the molecule is CCCCOCCOCC(O)CNC(CO)(CO)CO. The lowest BCUT2D eigenvalue weighted by molar-refractivity contribution is -0.00820. The Morgan fingerprint density at radius 3 is 2.15 bits per heavy atom. The average Bonchev–Trinajstić information content (AvgIpc) is 2.48. The van der Waals surface area contributed by atoms with E-state index in [0.29, 0.717) is 13.2 Å². The van der Waals surface area contributed by atoms with Crippen LogP contribution in [0.3, 0.4) is 0 Å². The van der Waals surface area contributed by atoms with Crippen LogP contribution in [0, 0.1) is 0 Å². The highest BCUT2D eigenvalue weighted by atomic mass is 16.5. The summed E-state index contributed by atoms with van der Waals surface area (Å²) in [6.45, 7) is 2.70. The maximum Gasteiger partial charge on any atom is 0.0897 e. The van der Waals surface area contributed by atoms with Crippen molar-refractivity contribution in [2.75, 3.05) is 52.8 Å². The van der Waals surface area contributed by atoms with Crippen LogP contribution in [-0.2, 0) is 9.47 Å². The lowest BCUT2D eigenvalue weighted by Crippen LogP contribution is -2.57. The van der Waals surface area contributed by atoms with Crippen LogP contribution in [0.25, 0.3) is 0 Å². The van der Waals surface area contributed by atoms with Crippen molar-refractivity contribution >= 4 is 0 Å². The van der Waals surface area contributed by atoms with Gasteiger partial charge in [0, 0.05) is 13.2 Å². The van der Waals surface area contributed by atoms with Crippen LogP contribution in [0.1, 0.15) is 19.8 Å². The molecule has 0 aliphatic carbocycles. The largest absolute Gasteiger partial charge is 0.394 e. The normalized spacial score (nSPS) is 13.7. The minimum absolute atomic E-state index is 0.109. The number of hydrogen-bond acceptors (Lipinski definition) is 7. The summed E-state index contributed by atoms with van der Waals surface area (Å²) in [6, 6.07) is 0. The molecule has 20 heavy (non-hydrogen) atoms. The van der Waals surface area contributed by atoms with Gasteiger partial charge in [-0.1, -0.05) is 13.3 Å². The van der Waals surface area contributed by atoms with E-state index >= 15 is 0 Å². The van der Waals surface area contributed by atoms with Gasteiger partial charge in [-0.25, -0.2) is 0 Å². The van der Waals surface area contributed by atoms with E-state index in [0.717, 1.165) is 19.4 Å². The second-order valence-electron chi connectivity index (χ2n) is 4.83. The fourth-order valence-corrected chi connectivity index (χ4v) is 1.40. The fourth-order valence-electron chi connectivity index (χ4n) is 1.40.